The molecule has 1 aliphatic heterocycles. The van der Waals surface area contributed by atoms with Crippen molar-refractivity contribution in [1.29, 1.82) is 0 Å². The van der Waals surface area contributed by atoms with Crippen LogP contribution in [0.2, 0.25) is 5.02 Å². The molecule has 2 N–H and O–H groups in total. The van der Waals surface area contributed by atoms with Gasteiger partial charge >= 0.3 is 0 Å². The van der Waals surface area contributed by atoms with Gasteiger partial charge < -0.3 is 15.1 Å². The molecule has 0 spiro atoms. The van der Waals surface area contributed by atoms with Gasteiger partial charge in [-0.3, -0.25) is 9.48 Å². The Hall–Kier alpha value is -1.96. The number of carbonyl (C=O) groups is 1. The van der Waals surface area contributed by atoms with Crippen molar-refractivity contribution in [2.75, 3.05) is 4.90 Å². The predicted molar refractivity (Wildman–Crippen MR) is 90.7 cm³/mol. The lowest BCUT2D eigenvalue weighted by atomic mass is 9.86. The average Bonchev–Trinajstić information content (AvgIpc) is 3.26. The fraction of sp³-hybridized carbons (Fsp3) is 0.412. The molecule has 2 aliphatic rings. The molecule has 7 nitrogen and oxygen atoms in total. The van der Waals surface area contributed by atoms with Crippen molar-refractivity contribution in [2.24, 2.45) is 5.92 Å². The van der Waals surface area contributed by atoms with Crippen LogP contribution in [-0.4, -0.2) is 37.2 Å². The van der Waals surface area contributed by atoms with Crippen molar-refractivity contribution in [3.63, 3.8) is 0 Å². The van der Waals surface area contributed by atoms with Crippen LogP contribution >= 0.6 is 11.6 Å². The molecule has 131 valence electrons. The van der Waals surface area contributed by atoms with Crippen molar-refractivity contribution in [2.45, 2.75) is 37.5 Å². The van der Waals surface area contributed by atoms with Gasteiger partial charge in [-0.05, 0) is 30.5 Å². The molecule has 1 saturated carbocycles. The van der Waals surface area contributed by atoms with Crippen LogP contribution in [0.25, 0.3) is 0 Å². The summed E-state index contributed by atoms with van der Waals surface area (Å²) in [4.78, 5) is 14.5. The second-order valence-corrected chi connectivity index (χ2v) is 7.20. The van der Waals surface area contributed by atoms with Crippen LogP contribution < -0.4 is 4.90 Å². The van der Waals surface area contributed by atoms with E-state index in [1.54, 1.807) is 24.4 Å². The number of aliphatic hydroxyl groups is 2. The van der Waals surface area contributed by atoms with Gasteiger partial charge in [-0.15, -0.1) is 5.10 Å². The number of aromatic nitrogens is 3. The molecule has 2 unspecified atom stereocenters. The number of hydrogen-bond acceptors (Lipinski definition) is 5. The summed E-state index contributed by atoms with van der Waals surface area (Å²) in [7, 11) is 3.62. The lowest BCUT2D eigenvalue weighted by molar-refractivity contribution is -0.150. The standard InChI is InChI=1S/C17H18ClN4O3/c1-21-8-12(19-20-21)9-22-14-5-4-11(18)7-13(14)17(25,16(22)24)15(23)6-10-2-3-10/h4-5,7-8,10,15,23,25H,1-3,6,9H2. The minimum atomic E-state index is -2.00. The molecule has 0 bridgehead atoms. The number of halogens is 1. The Morgan fingerprint density at radius 3 is 2.84 bits per heavy atom. The maximum Gasteiger partial charge on any atom is 0.266 e. The first-order chi connectivity index (χ1) is 11.9. The van der Waals surface area contributed by atoms with E-state index >= 15 is 0 Å². The Bertz CT molecular complexity index is 835. The second-order valence-electron chi connectivity index (χ2n) is 6.76. The van der Waals surface area contributed by atoms with Gasteiger partial charge in [-0.2, -0.15) is 0 Å². The van der Waals surface area contributed by atoms with Gasteiger partial charge in [0, 0.05) is 10.6 Å². The fourth-order valence-electron chi connectivity index (χ4n) is 3.37. The number of nitrogens with zero attached hydrogens (tertiary/aromatic N) is 4. The van der Waals surface area contributed by atoms with E-state index in [-0.39, 0.29) is 6.54 Å². The Kier molecular flexibility index (Phi) is 3.82. The van der Waals surface area contributed by atoms with E-state index in [0.717, 1.165) is 12.8 Å². The summed E-state index contributed by atoms with van der Waals surface area (Å²) in [5.41, 5.74) is -0.612. The summed E-state index contributed by atoms with van der Waals surface area (Å²) in [6, 6.07) is 4.87. The van der Waals surface area contributed by atoms with Gasteiger partial charge in [0.25, 0.3) is 5.91 Å². The topological polar surface area (TPSA) is 91.5 Å². The van der Waals surface area contributed by atoms with E-state index in [2.05, 4.69) is 17.4 Å². The van der Waals surface area contributed by atoms with Crippen LogP contribution in [0.4, 0.5) is 5.69 Å². The molecule has 0 saturated heterocycles. The highest BCUT2D eigenvalue weighted by atomic mass is 35.5. The van der Waals surface area contributed by atoms with Gasteiger partial charge in [-0.25, -0.2) is 0 Å². The van der Waals surface area contributed by atoms with Crippen LogP contribution in [0.3, 0.4) is 0 Å². The summed E-state index contributed by atoms with van der Waals surface area (Å²) in [6.07, 6.45) is 2.83. The second kappa shape index (κ2) is 5.79. The molecule has 4 rings (SSSR count). The van der Waals surface area contributed by atoms with Crippen LogP contribution in [0.15, 0.2) is 24.4 Å². The van der Waals surface area contributed by atoms with E-state index in [1.807, 2.05) is 0 Å². The molecule has 1 aromatic heterocycles. The van der Waals surface area contributed by atoms with Gasteiger partial charge in [0.1, 0.15) is 5.69 Å². The zero-order chi connectivity index (χ0) is 17.8. The largest absolute Gasteiger partial charge is 0.389 e. The van der Waals surface area contributed by atoms with Crippen LogP contribution in [0, 0.1) is 13.0 Å². The van der Waals surface area contributed by atoms with E-state index in [1.165, 1.54) is 9.58 Å². The normalized spacial score (nSPS) is 23.8. The Morgan fingerprint density at radius 1 is 1.44 bits per heavy atom. The minimum Gasteiger partial charge on any atom is -0.389 e. The number of aliphatic hydroxyl groups excluding tert-OH is 1. The van der Waals surface area contributed by atoms with Crippen molar-refractivity contribution in [3.05, 3.63) is 47.7 Å². The SMILES string of the molecule is [CH2]n1cc(CN2C(=O)C(O)(C(O)CC3CC3)c3cc(Cl)ccc32)nn1. The first-order valence-corrected chi connectivity index (χ1v) is 8.52. The summed E-state index contributed by atoms with van der Waals surface area (Å²) in [5.74, 6) is -0.217. The number of carbonyl (C=O) groups excluding carboxylic acids is 1. The third-order valence-corrected chi connectivity index (χ3v) is 5.11. The van der Waals surface area contributed by atoms with E-state index in [4.69, 9.17) is 11.6 Å². The molecule has 1 amide bonds. The third-order valence-electron chi connectivity index (χ3n) is 4.87. The highest BCUT2D eigenvalue weighted by Crippen LogP contribution is 2.47. The molecular formula is C17H18ClN4O3. The Balaban J connectivity index is 1.73. The van der Waals surface area contributed by atoms with Crippen LogP contribution in [0.1, 0.15) is 30.5 Å². The van der Waals surface area contributed by atoms with E-state index in [9.17, 15) is 15.0 Å². The van der Waals surface area contributed by atoms with Gasteiger partial charge in [0.2, 0.25) is 0 Å². The average molecular weight is 362 g/mol. The summed E-state index contributed by atoms with van der Waals surface area (Å²) < 4.78 is 1.30. The Labute approximate surface area is 149 Å². The molecule has 1 aromatic carbocycles. The highest BCUT2D eigenvalue weighted by molar-refractivity contribution is 6.31. The number of hydrogen-bond donors (Lipinski definition) is 2. The molecule has 1 radical (unpaired) electrons. The van der Waals surface area contributed by atoms with Crippen molar-refractivity contribution in [3.8, 4) is 0 Å². The molecule has 1 aliphatic carbocycles. The zero-order valence-corrected chi connectivity index (χ0v) is 14.2. The summed E-state index contributed by atoms with van der Waals surface area (Å²) in [5, 5.41) is 29.9. The molecule has 2 atom stereocenters. The van der Waals surface area contributed by atoms with Gasteiger partial charge in [0.15, 0.2) is 5.60 Å². The first-order valence-electron chi connectivity index (χ1n) is 8.14. The van der Waals surface area contributed by atoms with Gasteiger partial charge in [0.05, 0.1) is 31.6 Å². The molecule has 25 heavy (non-hydrogen) atoms. The summed E-state index contributed by atoms with van der Waals surface area (Å²) in [6.45, 7) is 0.126. The smallest absolute Gasteiger partial charge is 0.266 e. The first kappa shape index (κ1) is 16.5. The fourth-order valence-corrected chi connectivity index (χ4v) is 3.54. The molecular weight excluding hydrogens is 344 g/mol. The predicted octanol–water partition coefficient (Wildman–Crippen LogP) is 1.47. The molecule has 8 heteroatoms. The third kappa shape index (κ3) is 2.72. The van der Waals surface area contributed by atoms with Crippen LogP contribution in [-0.2, 0) is 16.9 Å². The lowest BCUT2D eigenvalue weighted by Crippen LogP contribution is -2.48. The molecule has 1 fully saturated rings. The quantitative estimate of drug-likeness (QED) is 0.841. The van der Waals surface area contributed by atoms with Gasteiger partial charge in [-0.1, -0.05) is 29.7 Å². The van der Waals surface area contributed by atoms with Crippen molar-refractivity contribution in [1.82, 2.24) is 15.0 Å². The number of benzene rings is 1. The number of rotatable bonds is 5. The lowest BCUT2D eigenvalue weighted by Gasteiger charge is -2.28. The van der Waals surface area contributed by atoms with Crippen molar-refractivity contribution >= 4 is 23.2 Å². The van der Waals surface area contributed by atoms with E-state index in [0.29, 0.717) is 34.3 Å². The maximum absolute atomic E-state index is 13.1. The monoisotopic (exact) mass is 361 g/mol. The molecule has 2 heterocycles. The molecule has 2 aromatic rings. The minimum absolute atomic E-state index is 0.126. The maximum atomic E-state index is 13.1. The van der Waals surface area contributed by atoms with E-state index < -0.39 is 17.6 Å². The summed E-state index contributed by atoms with van der Waals surface area (Å²) >= 11 is 6.08. The number of fused-ring (bicyclic) bond motifs is 1. The van der Waals surface area contributed by atoms with Crippen molar-refractivity contribution < 1.29 is 15.0 Å². The number of amides is 1. The zero-order valence-electron chi connectivity index (χ0n) is 13.5. The van der Waals surface area contributed by atoms with Crippen LogP contribution in [0.5, 0.6) is 0 Å². The number of anilines is 1. The Morgan fingerprint density at radius 2 is 2.20 bits per heavy atom. The highest BCUT2D eigenvalue weighted by Gasteiger charge is 2.55.